The lowest BCUT2D eigenvalue weighted by Crippen LogP contribution is -2.34. The Hall–Kier alpha value is -2.17. The third-order valence-electron chi connectivity index (χ3n) is 6.86. The van der Waals surface area contributed by atoms with Gasteiger partial charge in [0.1, 0.15) is 0 Å². The van der Waals surface area contributed by atoms with Crippen molar-refractivity contribution in [3.05, 3.63) is 35.4 Å². The van der Waals surface area contributed by atoms with E-state index in [1.807, 2.05) is 25.1 Å². The molecule has 2 N–H and O–H groups in total. The zero-order valence-electron chi connectivity index (χ0n) is 16.2. The maximum atomic E-state index is 12.1. The normalized spacial score (nSPS) is 27.5. The van der Waals surface area contributed by atoms with Gasteiger partial charge in [0.25, 0.3) is 5.91 Å². The van der Waals surface area contributed by atoms with Crippen LogP contribution < -0.4 is 10.7 Å². The van der Waals surface area contributed by atoms with Gasteiger partial charge in [0.15, 0.2) is 0 Å². The van der Waals surface area contributed by atoms with Crippen molar-refractivity contribution in [1.29, 1.82) is 0 Å². The summed E-state index contributed by atoms with van der Waals surface area (Å²) in [6.07, 6.45) is 3.60. The van der Waals surface area contributed by atoms with Gasteiger partial charge >= 0.3 is 0 Å². The first-order valence-corrected chi connectivity index (χ1v) is 9.45. The van der Waals surface area contributed by atoms with Gasteiger partial charge in [0.05, 0.1) is 0 Å². The number of rotatable bonds is 5. The summed E-state index contributed by atoms with van der Waals surface area (Å²) < 4.78 is 0. The van der Waals surface area contributed by atoms with E-state index < -0.39 is 0 Å². The summed E-state index contributed by atoms with van der Waals surface area (Å²) in [4.78, 5) is 24.2. The average molecular weight is 355 g/mol. The number of carbonyl (C=O) groups is 2. The molecule has 5 nitrogen and oxygen atoms in total. The number of amides is 2. The molecule has 2 fully saturated rings. The Morgan fingerprint density at radius 1 is 1.23 bits per heavy atom. The van der Waals surface area contributed by atoms with E-state index in [2.05, 4.69) is 36.6 Å². The lowest BCUT2D eigenvalue weighted by Gasteiger charge is -2.34. The Labute approximate surface area is 155 Å². The number of aryl methyl sites for hydroxylation is 1. The number of nitrogens with zero attached hydrogens (tertiary/aromatic N) is 1. The zero-order valence-corrected chi connectivity index (χ0v) is 16.2. The van der Waals surface area contributed by atoms with Crippen LogP contribution in [0.1, 0.15) is 62.4 Å². The predicted octanol–water partition coefficient (Wildman–Crippen LogP) is 3.43. The van der Waals surface area contributed by atoms with Gasteiger partial charge in [-0.15, -0.1) is 0 Å². The number of hydrogen-bond acceptors (Lipinski definition) is 3. The molecule has 0 unspecified atom stereocenters. The molecule has 26 heavy (non-hydrogen) atoms. The fraction of sp³-hybridized carbons (Fsp3) is 0.571. The minimum atomic E-state index is -0.160. The van der Waals surface area contributed by atoms with E-state index in [0.717, 1.165) is 24.1 Å². The number of nitrogens with one attached hydrogen (secondary N) is 2. The van der Waals surface area contributed by atoms with Crippen molar-refractivity contribution in [3.63, 3.8) is 0 Å². The first kappa shape index (κ1) is 18.6. The molecule has 2 amide bonds. The van der Waals surface area contributed by atoms with E-state index in [0.29, 0.717) is 18.0 Å². The van der Waals surface area contributed by atoms with Gasteiger partial charge in [-0.1, -0.05) is 39.0 Å². The van der Waals surface area contributed by atoms with Gasteiger partial charge in [-0.3, -0.25) is 9.59 Å². The molecule has 0 aliphatic heterocycles. The highest BCUT2D eigenvalue weighted by atomic mass is 16.2. The maximum absolute atomic E-state index is 12.1. The maximum Gasteiger partial charge on any atom is 0.251 e. The Kier molecular flexibility index (Phi) is 4.91. The number of hydrogen-bond donors (Lipinski definition) is 2. The van der Waals surface area contributed by atoms with Crippen molar-refractivity contribution in [2.45, 2.75) is 53.4 Å². The van der Waals surface area contributed by atoms with Gasteiger partial charge in [0.2, 0.25) is 5.91 Å². The smallest absolute Gasteiger partial charge is 0.251 e. The zero-order chi connectivity index (χ0) is 18.9. The van der Waals surface area contributed by atoms with Gasteiger partial charge in [-0.2, -0.15) is 5.10 Å². The predicted molar refractivity (Wildman–Crippen MR) is 103 cm³/mol. The summed E-state index contributed by atoms with van der Waals surface area (Å²) >= 11 is 0. The van der Waals surface area contributed by atoms with Gasteiger partial charge < -0.3 is 5.32 Å². The Morgan fingerprint density at radius 2 is 1.96 bits per heavy atom. The average Bonchev–Trinajstić information content (AvgIpc) is 2.93. The first-order valence-electron chi connectivity index (χ1n) is 9.45. The molecule has 0 saturated heterocycles. The molecule has 0 spiro atoms. The van der Waals surface area contributed by atoms with Crippen molar-refractivity contribution in [1.82, 2.24) is 10.7 Å². The Morgan fingerprint density at radius 3 is 2.58 bits per heavy atom. The minimum absolute atomic E-state index is 0.0873. The van der Waals surface area contributed by atoms with E-state index in [-0.39, 0.29) is 29.1 Å². The van der Waals surface area contributed by atoms with Crippen LogP contribution in [0.2, 0.25) is 0 Å². The molecule has 2 saturated carbocycles. The second-order valence-electron chi connectivity index (χ2n) is 8.41. The highest BCUT2D eigenvalue weighted by Gasteiger charge is 2.59. The molecular weight excluding hydrogens is 326 g/mol. The standard InChI is InChI=1S/C21H29N3O2/c1-14-7-5-6-8-16(14)19(26)22-12-10-18(25)24-23-17-13-15-9-11-21(17,4)20(15,2)3/h5-8,15H,9-13H2,1-4H3,(H,22,26)(H,24,25)/b23-17-/t15-,21-/m0/s1. The summed E-state index contributed by atoms with van der Waals surface area (Å²) in [5, 5.41) is 7.25. The number of benzene rings is 1. The summed E-state index contributed by atoms with van der Waals surface area (Å²) in [5.74, 6) is 0.355. The summed E-state index contributed by atoms with van der Waals surface area (Å²) in [6.45, 7) is 9.10. The van der Waals surface area contributed by atoms with Gasteiger partial charge in [-0.25, -0.2) is 5.43 Å². The van der Waals surface area contributed by atoms with Crippen molar-refractivity contribution in [2.24, 2.45) is 21.8 Å². The van der Waals surface area contributed by atoms with E-state index in [1.165, 1.54) is 6.42 Å². The molecular formula is C21H29N3O2. The quantitative estimate of drug-likeness (QED) is 0.794. The molecule has 5 heteroatoms. The molecule has 2 aliphatic carbocycles. The Balaban J connectivity index is 1.48. The first-order chi connectivity index (χ1) is 12.3. The lowest BCUT2D eigenvalue weighted by molar-refractivity contribution is -0.120. The van der Waals surface area contributed by atoms with Crippen LogP contribution in [-0.4, -0.2) is 24.1 Å². The summed E-state index contributed by atoms with van der Waals surface area (Å²) in [5.41, 5.74) is 5.72. The molecule has 140 valence electrons. The third kappa shape index (κ3) is 3.15. The molecule has 1 aromatic rings. The van der Waals surface area contributed by atoms with Crippen LogP contribution in [0.5, 0.6) is 0 Å². The van der Waals surface area contributed by atoms with Crippen LogP contribution in [0.3, 0.4) is 0 Å². The molecule has 2 atom stereocenters. The van der Waals surface area contributed by atoms with Crippen LogP contribution in [0.15, 0.2) is 29.4 Å². The molecule has 3 rings (SSSR count). The highest BCUT2D eigenvalue weighted by molar-refractivity contribution is 5.96. The van der Waals surface area contributed by atoms with Crippen molar-refractivity contribution < 1.29 is 9.59 Å². The fourth-order valence-electron chi connectivity index (χ4n) is 4.50. The molecule has 0 heterocycles. The minimum Gasteiger partial charge on any atom is -0.352 e. The van der Waals surface area contributed by atoms with Crippen LogP contribution in [0, 0.1) is 23.7 Å². The fourth-order valence-corrected chi connectivity index (χ4v) is 4.50. The van der Waals surface area contributed by atoms with Crippen LogP contribution in [0.25, 0.3) is 0 Å². The SMILES string of the molecule is Cc1ccccc1C(=O)NCCC(=O)N/N=C1/C[C@@H]2CC[C@]1(C)C2(C)C. The summed E-state index contributed by atoms with van der Waals surface area (Å²) in [7, 11) is 0. The lowest BCUT2D eigenvalue weighted by atomic mass is 9.70. The number of fused-ring (bicyclic) bond motifs is 2. The van der Waals surface area contributed by atoms with E-state index in [9.17, 15) is 9.59 Å². The third-order valence-corrected chi connectivity index (χ3v) is 6.86. The Bertz CT molecular complexity index is 753. The topological polar surface area (TPSA) is 70.6 Å². The second kappa shape index (κ2) is 6.86. The van der Waals surface area contributed by atoms with E-state index in [4.69, 9.17) is 0 Å². The van der Waals surface area contributed by atoms with Crippen molar-refractivity contribution in [3.8, 4) is 0 Å². The number of hydrazone groups is 1. The van der Waals surface area contributed by atoms with E-state index in [1.54, 1.807) is 6.07 Å². The highest BCUT2D eigenvalue weighted by Crippen LogP contribution is 2.63. The molecule has 0 aromatic heterocycles. The molecule has 2 bridgehead atoms. The van der Waals surface area contributed by atoms with Crippen molar-refractivity contribution in [2.75, 3.05) is 6.54 Å². The molecule has 1 aromatic carbocycles. The van der Waals surface area contributed by atoms with Crippen LogP contribution in [0.4, 0.5) is 0 Å². The largest absolute Gasteiger partial charge is 0.352 e. The van der Waals surface area contributed by atoms with Crippen molar-refractivity contribution >= 4 is 17.5 Å². The molecule has 2 aliphatic rings. The molecule has 0 radical (unpaired) electrons. The monoisotopic (exact) mass is 355 g/mol. The summed E-state index contributed by atoms with van der Waals surface area (Å²) in [6, 6.07) is 7.42. The second-order valence-corrected chi connectivity index (χ2v) is 8.41. The van der Waals surface area contributed by atoms with E-state index >= 15 is 0 Å². The van der Waals surface area contributed by atoms with Crippen LogP contribution in [-0.2, 0) is 4.79 Å². The van der Waals surface area contributed by atoms with Gasteiger partial charge in [-0.05, 0) is 49.1 Å². The number of carbonyl (C=O) groups excluding carboxylic acids is 2. The van der Waals surface area contributed by atoms with Crippen LogP contribution >= 0.6 is 0 Å². The van der Waals surface area contributed by atoms with Gasteiger partial charge in [0, 0.05) is 29.7 Å².